The third kappa shape index (κ3) is 3.48. The fourth-order valence-corrected chi connectivity index (χ4v) is 2.89. The summed E-state index contributed by atoms with van der Waals surface area (Å²) in [6.07, 6.45) is 6.29. The number of carboxylic acid groups (broad SMARTS) is 1. The van der Waals surface area contributed by atoms with Crippen LogP contribution in [-0.4, -0.2) is 27.3 Å². The van der Waals surface area contributed by atoms with Crippen molar-refractivity contribution >= 4 is 12.0 Å². The number of pyridine rings is 1. The lowest BCUT2D eigenvalue weighted by Gasteiger charge is -2.22. The van der Waals surface area contributed by atoms with E-state index in [0.29, 0.717) is 0 Å². The molecular formula is C19H19NO3. The molecule has 0 saturated carbocycles. The number of benzene rings is 1. The lowest BCUT2D eigenvalue weighted by molar-refractivity contribution is -0.136. The average molecular weight is 309 g/mol. The number of rotatable bonds is 4. The van der Waals surface area contributed by atoms with Crippen LogP contribution in [0.25, 0.3) is 17.3 Å². The van der Waals surface area contributed by atoms with Gasteiger partial charge in [-0.3, -0.25) is 9.78 Å². The molecular weight excluding hydrogens is 290 g/mol. The highest BCUT2D eigenvalue weighted by Crippen LogP contribution is 2.28. The summed E-state index contributed by atoms with van der Waals surface area (Å²) >= 11 is 0. The second-order valence-corrected chi connectivity index (χ2v) is 6.01. The molecule has 0 saturated heterocycles. The van der Waals surface area contributed by atoms with Gasteiger partial charge in [-0.25, -0.2) is 0 Å². The highest BCUT2D eigenvalue weighted by atomic mass is 16.4. The number of aromatic nitrogens is 1. The average Bonchev–Trinajstić information content (AvgIpc) is 2.53. The molecule has 1 aromatic carbocycles. The fraction of sp³-hybridized carbons (Fsp3) is 0.263. The molecule has 0 bridgehead atoms. The predicted octanol–water partition coefficient (Wildman–Crippen LogP) is 2.94. The summed E-state index contributed by atoms with van der Waals surface area (Å²) in [4.78, 5) is 15.4. The third-order valence-electron chi connectivity index (χ3n) is 4.20. The zero-order chi connectivity index (χ0) is 16.4. The van der Waals surface area contributed by atoms with Gasteiger partial charge in [0.15, 0.2) is 0 Å². The van der Waals surface area contributed by atoms with E-state index >= 15 is 0 Å². The highest BCUT2D eigenvalue weighted by molar-refractivity contribution is 5.72. The first kappa shape index (κ1) is 15.4. The van der Waals surface area contributed by atoms with Gasteiger partial charge in [0.2, 0.25) is 0 Å². The van der Waals surface area contributed by atoms with Gasteiger partial charge in [0.1, 0.15) is 0 Å². The fourth-order valence-electron chi connectivity index (χ4n) is 2.89. The Morgan fingerprint density at radius 3 is 2.96 bits per heavy atom. The Kier molecular flexibility index (Phi) is 4.26. The summed E-state index contributed by atoms with van der Waals surface area (Å²) in [5.74, 6) is -0.721. The van der Waals surface area contributed by atoms with Crippen molar-refractivity contribution in [3.63, 3.8) is 0 Å². The van der Waals surface area contributed by atoms with Crippen molar-refractivity contribution in [3.8, 4) is 11.3 Å². The van der Waals surface area contributed by atoms with Crippen molar-refractivity contribution < 1.29 is 15.0 Å². The van der Waals surface area contributed by atoms with Crippen molar-refractivity contribution in [2.75, 3.05) is 0 Å². The van der Waals surface area contributed by atoms with Gasteiger partial charge in [0, 0.05) is 17.7 Å². The lowest BCUT2D eigenvalue weighted by Crippen LogP contribution is -2.19. The molecule has 2 unspecified atom stereocenters. The van der Waals surface area contributed by atoms with Crippen LogP contribution in [0.1, 0.15) is 23.6 Å². The normalized spacial score (nSPS) is 17.6. The molecule has 1 aliphatic carbocycles. The van der Waals surface area contributed by atoms with Gasteiger partial charge in [-0.05, 0) is 42.2 Å². The molecule has 4 nitrogen and oxygen atoms in total. The number of carbonyl (C=O) groups is 1. The summed E-state index contributed by atoms with van der Waals surface area (Å²) in [7, 11) is 0. The molecule has 0 amide bonds. The van der Waals surface area contributed by atoms with Crippen molar-refractivity contribution in [1.29, 1.82) is 0 Å². The molecule has 2 N–H and O–H groups in total. The van der Waals surface area contributed by atoms with Crippen LogP contribution >= 0.6 is 0 Å². The first-order valence-corrected chi connectivity index (χ1v) is 7.69. The van der Waals surface area contributed by atoms with E-state index in [4.69, 9.17) is 5.11 Å². The molecule has 1 heterocycles. The minimum absolute atomic E-state index is 0.00558. The van der Waals surface area contributed by atoms with E-state index in [9.17, 15) is 9.90 Å². The first-order chi connectivity index (χ1) is 11.0. The van der Waals surface area contributed by atoms with Gasteiger partial charge in [-0.15, -0.1) is 0 Å². The molecule has 118 valence electrons. The summed E-state index contributed by atoms with van der Waals surface area (Å²) in [6.45, 7) is 1.80. The van der Waals surface area contributed by atoms with Crippen LogP contribution in [0.2, 0.25) is 0 Å². The quantitative estimate of drug-likeness (QED) is 0.911. The van der Waals surface area contributed by atoms with Gasteiger partial charge >= 0.3 is 5.97 Å². The van der Waals surface area contributed by atoms with E-state index in [0.717, 1.165) is 34.4 Å². The molecule has 4 heteroatoms. The van der Waals surface area contributed by atoms with Crippen LogP contribution in [0, 0.1) is 5.92 Å². The number of fused-ring (bicyclic) bond motifs is 1. The summed E-state index contributed by atoms with van der Waals surface area (Å²) in [5, 5.41) is 18.7. The molecule has 3 rings (SSSR count). The van der Waals surface area contributed by atoms with E-state index in [-0.39, 0.29) is 18.4 Å². The molecule has 2 atom stereocenters. The van der Waals surface area contributed by atoms with Crippen LogP contribution in [0.4, 0.5) is 0 Å². The third-order valence-corrected chi connectivity index (χ3v) is 4.20. The van der Waals surface area contributed by atoms with Crippen LogP contribution in [0.3, 0.4) is 0 Å². The highest BCUT2D eigenvalue weighted by Gasteiger charge is 2.19. The molecule has 0 spiro atoms. The SMILES string of the molecule is CC(O)C1C=Cc2cnc(-c3cccc(CC(=O)O)c3)cc2C1. The molecule has 23 heavy (non-hydrogen) atoms. The summed E-state index contributed by atoms with van der Waals surface area (Å²) < 4.78 is 0. The Balaban J connectivity index is 1.92. The topological polar surface area (TPSA) is 70.4 Å². The maximum absolute atomic E-state index is 10.9. The number of carboxylic acids is 1. The van der Waals surface area contributed by atoms with Crippen LogP contribution in [-0.2, 0) is 17.6 Å². The molecule has 0 radical (unpaired) electrons. The molecule has 0 aliphatic heterocycles. The Morgan fingerprint density at radius 2 is 2.22 bits per heavy atom. The number of hydrogen-bond donors (Lipinski definition) is 2. The standard InChI is InChI=1S/C19H19NO3/c1-12(21)14-5-6-16-11-20-18(10-17(16)9-14)15-4-2-3-13(7-15)8-19(22)23/h2-7,10-12,14,21H,8-9H2,1H3,(H,22,23). The van der Waals surface area contributed by atoms with Crippen molar-refractivity contribution in [1.82, 2.24) is 4.98 Å². The van der Waals surface area contributed by atoms with E-state index in [2.05, 4.69) is 4.98 Å². The summed E-state index contributed by atoms with van der Waals surface area (Å²) in [6, 6.07) is 9.50. The van der Waals surface area contributed by atoms with Crippen molar-refractivity contribution in [2.24, 2.45) is 5.92 Å². The first-order valence-electron chi connectivity index (χ1n) is 7.69. The molecule has 1 aliphatic rings. The van der Waals surface area contributed by atoms with E-state index in [1.807, 2.05) is 48.7 Å². The van der Waals surface area contributed by atoms with Gasteiger partial charge in [-0.2, -0.15) is 0 Å². The van der Waals surface area contributed by atoms with Gasteiger partial charge in [-0.1, -0.05) is 30.4 Å². The summed E-state index contributed by atoms with van der Waals surface area (Å²) in [5.41, 5.74) is 4.74. The van der Waals surface area contributed by atoms with Crippen molar-refractivity contribution in [3.05, 3.63) is 59.3 Å². The molecule has 0 fully saturated rings. The second kappa shape index (κ2) is 6.34. The predicted molar refractivity (Wildman–Crippen MR) is 88.9 cm³/mol. The number of aliphatic hydroxyl groups excluding tert-OH is 1. The minimum atomic E-state index is -0.842. The Labute approximate surface area is 135 Å². The monoisotopic (exact) mass is 309 g/mol. The maximum Gasteiger partial charge on any atom is 0.307 e. The largest absolute Gasteiger partial charge is 0.481 e. The Bertz CT molecular complexity index is 765. The van der Waals surface area contributed by atoms with E-state index in [1.165, 1.54) is 0 Å². The van der Waals surface area contributed by atoms with Gasteiger partial charge in [0.25, 0.3) is 0 Å². The van der Waals surface area contributed by atoms with Crippen LogP contribution < -0.4 is 0 Å². The number of aliphatic hydroxyl groups is 1. The van der Waals surface area contributed by atoms with E-state index < -0.39 is 5.97 Å². The van der Waals surface area contributed by atoms with Crippen LogP contribution in [0.5, 0.6) is 0 Å². The van der Waals surface area contributed by atoms with Crippen LogP contribution in [0.15, 0.2) is 42.6 Å². The second-order valence-electron chi connectivity index (χ2n) is 6.01. The molecule has 2 aromatic rings. The smallest absolute Gasteiger partial charge is 0.307 e. The number of hydrogen-bond acceptors (Lipinski definition) is 3. The number of aliphatic carboxylic acids is 1. The van der Waals surface area contributed by atoms with E-state index in [1.54, 1.807) is 6.92 Å². The molecule has 1 aromatic heterocycles. The number of nitrogens with zero attached hydrogens (tertiary/aromatic N) is 1. The Morgan fingerprint density at radius 1 is 1.39 bits per heavy atom. The maximum atomic E-state index is 10.9. The Hall–Kier alpha value is -2.46. The zero-order valence-corrected chi connectivity index (χ0v) is 12.9. The van der Waals surface area contributed by atoms with Gasteiger partial charge in [0.05, 0.1) is 18.2 Å². The lowest BCUT2D eigenvalue weighted by atomic mass is 9.87. The van der Waals surface area contributed by atoms with Gasteiger partial charge < -0.3 is 10.2 Å². The van der Waals surface area contributed by atoms with Crippen molar-refractivity contribution in [2.45, 2.75) is 25.9 Å². The zero-order valence-electron chi connectivity index (χ0n) is 12.9. The minimum Gasteiger partial charge on any atom is -0.481 e.